The molecule has 8 N–H and O–H groups in total. The molecule has 3 aromatic heterocycles. The van der Waals surface area contributed by atoms with Crippen LogP contribution in [0.2, 0.25) is 0 Å². The van der Waals surface area contributed by atoms with Gasteiger partial charge in [-0.2, -0.15) is 0 Å². The molecule has 15 nitrogen and oxygen atoms in total. The van der Waals surface area contributed by atoms with Gasteiger partial charge in [0.05, 0.1) is 19.0 Å². The number of aromatic nitrogens is 5. The number of phosphoric acid groups is 1. The smallest absolute Gasteiger partial charge is 0.387 e. The number of aliphatic hydroxyl groups excluding tert-OH is 2. The van der Waals surface area contributed by atoms with Crippen LogP contribution in [0.1, 0.15) is 11.8 Å². The number of aromatic amines is 1. The maximum absolute atomic E-state index is 12.9. The average Bonchev–Trinajstić information content (AvgIpc) is 3.55. The number of ether oxygens (including phenoxy) is 1. The quantitative estimate of drug-likeness (QED) is 0.143. The molecule has 0 radical (unpaired) electrons. The molecule has 1 amide bonds. The van der Waals surface area contributed by atoms with E-state index < -0.39 is 50.9 Å². The van der Waals surface area contributed by atoms with Crippen molar-refractivity contribution in [2.45, 2.75) is 37.0 Å². The Kier molecular flexibility index (Phi) is 6.78. The summed E-state index contributed by atoms with van der Waals surface area (Å²) >= 11 is 0. The normalized spacial score (nSPS) is 23.1. The van der Waals surface area contributed by atoms with Crippen LogP contribution in [-0.2, 0) is 25.0 Å². The SMILES string of the molecule is N[C@@H](Cc1c[nH]c2ccccc12)C(=O)Nc1ncnc2c1ncn2[C@@H]1O[C@H](COP(=O)(O)O)[C@@H](O)[C@H]1O. The minimum atomic E-state index is -4.81. The van der Waals surface area contributed by atoms with Crippen LogP contribution in [0.25, 0.3) is 22.1 Å². The number of aliphatic hydroxyl groups is 2. The molecule has 196 valence electrons. The first-order valence-electron chi connectivity index (χ1n) is 11.1. The van der Waals surface area contributed by atoms with Crippen molar-refractivity contribution in [1.82, 2.24) is 24.5 Å². The number of imidazole rings is 1. The molecule has 0 spiro atoms. The number of amides is 1. The number of phosphoric ester groups is 1. The molecule has 37 heavy (non-hydrogen) atoms. The highest BCUT2D eigenvalue weighted by Crippen LogP contribution is 2.39. The van der Waals surface area contributed by atoms with E-state index in [9.17, 15) is 19.6 Å². The van der Waals surface area contributed by atoms with Crippen molar-refractivity contribution in [2.75, 3.05) is 11.9 Å². The van der Waals surface area contributed by atoms with Crippen LogP contribution in [0.4, 0.5) is 5.82 Å². The van der Waals surface area contributed by atoms with Crippen LogP contribution in [-0.4, -0.2) is 81.4 Å². The first-order valence-corrected chi connectivity index (χ1v) is 12.7. The van der Waals surface area contributed by atoms with Crippen molar-refractivity contribution in [1.29, 1.82) is 0 Å². The molecule has 1 aliphatic heterocycles. The largest absolute Gasteiger partial charge is 0.469 e. The molecule has 1 saturated heterocycles. The Hall–Kier alpha value is -3.27. The predicted molar refractivity (Wildman–Crippen MR) is 128 cm³/mol. The Labute approximate surface area is 208 Å². The van der Waals surface area contributed by atoms with E-state index in [4.69, 9.17) is 20.3 Å². The fourth-order valence-electron chi connectivity index (χ4n) is 4.24. The summed E-state index contributed by atoms with van der Waals surface area (Å²) in [6.07, 6.45) is -0.890. The third kappa shape index (κ3) is 5.12. The van der Waals surface area contributed by atoms with Crippen molar-refractivity contribution in [3.8, 4) is 0 Å². The zero-order valence-corrected chi connectivity index (χ0v) is 20.0. The fourth-order valence-corrected chi connectivity index (χ4v) is 4.58. The standard InChI is InChI=1S/C21H24N7O8P/c22-12(5-10-6-23-13-4-2-1-3-11(10)13)20(31)27-18-15-19(25-8-24-18)28(9-26-15)21-17(30)16(29)14(36-21)7-35-37(32,33)34/h1-4,6,8-9,12,14,16-17,21,23,29-30H,5,7,22H2,(H2,32,33,34)(H,24,25,27,31)/t12-,14+,16+,17+,21+/m0/s1. The number of para-hydroxylation sites is 1. The Bertz CT molecular complexity index is 1490. The number of carbonyl (C=O) groups excluding carboxylic acids is 1. The second-order valence-corrected chi connectivity index (χ2v) is 9.78. The molecule has 1 aromatic carbocycles. The number of hydrogen-bond donors (Lipinski definition) is 7. The van der Waals surface area contributed by atoms with Gasteiger partial charge in [0.1, 0.15) is 24.6 Å². The molecule has 1 aliphatic rings. The second-order valence-electron chi connectivity index (χ2n) is 8.54. The number of carbonyl (C=O) groups is 1. The van der Waals surface area contributed by atoms with Gasteiger partial charge in [-0.1, -0.05) is 18.2 Å². The monoisotopic (exact) mass is 533 g/mol. The van der Waals surface area contributed by atoms with E-state index in [1.807, 2.05) is 30.5 Å². The van der Waals surface area contributed by atoms with Crippen molar-refractivity contribution in [3.05, 3.63) is 48.7 Å². The van der Waals surface area contributed by atoms with Gasteiger partial charge in [0.15, 0.2) is 23.2 Å². The van der Waals surface area contributed by atoms with Gasteiger partial charge in [-0.05, 0) is 18.1 Å². The molecule has 5 atom stereocenters. The van der Waals surface area contributed by atoms with Crippen molar-refractivity contribution in [3.63, 3.8) is 0 Å². The Morgan fingerprint density at radius 3 is 2.81 bits per heavy atom. The minimum Gasteiger partial charge on any atom is -0.387 e. The van der Waals surface area contributed by atoms with Crippen LogP contribution < -0.4 is 11.1 Å². The second kappa shape index (κ2) is 9.89. The first-order chi connectivity index (χ1) is 17.6. The molecule has 5 rings (SSSR count). The molecule has 1 fully saturated rings. The number of nitrogens with two attached hydrogens (primary N) is 1. The Morgan fingerprint density at radius 1 is 1.24 bits per heavy atom. The summed E-state index contributed by atoms with van der Waals surface area (Å²) in [5.74, 6) is -0.417. The van der Waals surface area contributed by atoms with Gasteiger partial charge in [0.2, 0.25) is 5.91 Å². The maximum atomic E-state index is 12.9. The van der Waals surface area contributed by atoms with E-state index >= 15 is 0 Å². The Morgan fingerprint density at radius 2 is 2.03 bits per heavy atom. The number of rotatable bonds is 8. The molecule has 4 heterocycles. The van der Waals surface area contributed by atoms with Gasteiger partial charge < -0.3 is 40.8 Å². The molecule has 0 bridgehead atoms. The van der Waals surface area contributed by atoms with Gasteiger partial charge in [-0.25, -0.2) is 19.5 Å². The first kappa shape index (κ1) is 25.4. The van der Waals surface area contributed by atoms with Gasteiger partial charge in [-0.3, -0.25) is 13.9 Å². The lowest BCUT2D eigenvalue weighted by atomic mass is 10.1. The lowest BCUT2D eigenvalue weighted by Gasteiger charge is -2.16. The number of anilines is 1. The molecule has 0 unspecified atom stereocenters. The number of H-pyrrole nitrogens is 1. The molecule has 0 saturated carbocycles. The highest BCUT2D eigenvalue weighted by molar-refractivity contribution is 7.46. The van der Waals surface area contributed by atoms with Crippen LogP contribution in [0.15, 0.2) is 43.1 Å². The van der Waals surface area contributed by atoms with Gasteiger partial charge in [0.25, 0.3) is 0 Å². The number of hydrogen-bond acceptors (Lipinski definition) is 10. The van der Waals surface area contributed by atoms with E-state index in [0.29, 0.717) is 0 Å². The summed E-state index contributed by atoms with van der Waals surface area (Å²) in [6, 6.07) is 6.77. The van der Waals surface area contributed by atoms with Crippen LogP contribution in [0.3, 0.4) is 0 Å². The van der Waals surface area contributed by atoms with E-state index in [2.05, 4.69) is 29.8 Å². The van der Waals surface area contributed by atoms with Crippen LogP contribution in [0, 0.1) is 0 Å². The summed E-state index contributed by atoms with van der Waals surface area (Å²) < 4.78 is 22.2. The third-order valence-corrected chi connectivity index (χ3v) is 6.56. The lowest BCUT2D eigenvalue weighted by molar-refractivity contribution is -0.117. The molecular weight excluding hydrogens is 509 g/mol. The van der Waals surface area contributed by atoms with Crippen molar-refractivity contribution >= 4 is 41.6 Å². The summed E-state index contributed by atoms with van der Waals surface area (Å²) in [6.45, 7) is -0.657. The summed E-state index contributed by atoms with van der Waals surface area (Å²) in [5, 5.41) is 24.3. The molecule has 4 aromatic rings. The van der Waals surface area contributed by atoms with E-state index in [1.165, 1.54) is 17.2 Å². The van der Waals surface area contributed by atoms with Gasteiger partial charge in [0, 0.05) is 17.1 Å². The van der Waals surface area contributed by atoms with Crippen molar-refractivity contribution < 1.29 is 38.6 Å². The summed E-state index contributed by atoms with van der Waals surface area (Å²) in [4.78, 5) is 46.2. The van der Waals surface area contributed by atoms with Crippen molar-refractivity contribution in [2.24, 2.45) is 5.73 Å². The average molecular weight is 533 g/mol. The maximum Gasteiger partial charge on any atom is 0.469 e. The van der Waals surface area contributed by atoms with Crippen LogP contribution in [0.5, 0.6) is 0 Å². The third-order valence-electron chi connectivity index (χ3n) is 6.07. The van der Waals surface area contributed by atoms with E-state index in [1.54, 1.807) is 0 Å². The summed E-state index contributed by atoms with van der Waals surface area (Å²) in [5.41, 5.74) is 8.33. The highest BCUT2D eigenvalue weighted by atomic mass is 31.2. The molecule has 16 heteroatoms. The number of nitrogens with zero attached hydrogens (tertiary/aromatic N) is 4. The van der Waals surface area contributed by atoms with E-state index in [-0.39, 0.29) is 23.4 Å². The Balaban J connectivity index is 1.32. The lowest BCUT2D eigenvalue weighted by Crippen LogP contribution is -2.37. The molecular formula is C21H24N7O8P. The number of nitrogens with one attached hydrogen (secondary N) is 2. The number of fused-ring (bicyclic) bond motifs is 2. The van der Waals surface area contributed by atoms with Gasteiger partial charge in [-0.15, -0.1) is 0 Å². The number of benzene rings is 1. The predicted octanol–water partition coefficient (Wildman–Crippen LogP) is -0.455. The highest BCUT2D eigenvalue weighted by Gasteiger charge is 2.45. The van der Waals surface area contributed by atoms with Gasteiger partial charge >= 0.3 is 7.82 Å². The molecule has 0 aliphatic carbocycles. The zero-order valence-electron chi connectivity index (χ0n) is 19.1. The van der Waals surface area contributed by atoms with Crippen LogP contribution >= 0.6 is 7.82 Å². The fraction of sp³-hybridized carbons (Fsp3) is 0.333. The summed E-state index contributed by atoms with van der Waals surface area (Å²) in [7, 11) is -4.81. The van der Waals surface area contributed by atoms with E-state index in [0.717, 1.165) is 16.5 Å². The minimum absolute atomic E-state index is 0.0811. The zero-order chi connectivity index (χ0) is 26.3. The topological polar surface area (TPSA) is 231 Å².